The Bertz CT molecular complexity index is 437. The van der Waals surface area contributed by atoms with Crippen LogP contribution in [0.3, 0.4) is 0 Å². The van der Waals surface area contributed by atoms with Gasteiger partial charge in [0.2, 0.25) is 0 Å². The van der Waals surface area contributed by atoms with E-state index in [0.717, 1.165) is 11.1 Å². The molecule has 0 fully saturated rings. The first-order valence-electron chi connectivity index (χ1n) is 5.30. The molecule has 1 rings (SSSR count). The molecule has 0 amide bonds. The van der Waals surface area contributed by atoms with Crippen molar-refractivity contribution in [2.24, 2.45) is 5.92 Å². The number of hydrogen-bond acceptors (Lipinski definition) is 3. The van der Waals surface area contributed by atoms with Crippen LogP contribution < -0.4 is 0 Å². The molecule has 0 spiro atoms. The van der Waals surface area contributed by atoms with Crippen molar-refractivity contribution < 1.29 is 13.5 Å². The van der Waals surface area contributed by atoms with Gasteiger partial charge in [-0.3, -0.25) is 0 Å². The molecule has 0 aromatic heterocycles. The average Bonchev–Trinajstić information content (AvgIpc) is 2.20. The minimum Gasteiger partial charge on any atom is -0.396 e. The highest BCUT2D eigenvalue weighted by molar-refractivity contribution is 7.90. The Hall–Kier alpha value is -0.870. The molecule has 0 saturated carbocycles. The Balaban J connectivity index is 2.77. The quantitative estimate of drug-likeness (QED) is 0.852. The third-order valence-corrected chi connectivity index (χ3v) is 4.31. The smallest absolute Gasteiger partial charge is 0.154 e. The maximum atomic E-state index is 11.8. The van der Waals surface area contributed by atoms with Crippen molar-refractivity contribution in [1.29, 1.82) is 0 Å². The lowest BCUT2D eigenvalue weighted by Gasteiger charge is -2.10. The molecule has 1 aromatic carbocycles. The topological polar surface area (TPSA) is 54.4 Å². The van der Waals surface area contributed by atoms with Crippen molar-refractivity contribution in [2.45, 2.75) is 19.6 Å². The van der Waals surface area contributed by atoms with Gasteiger partial charge in [-0.2, -0.15) is 0 Å². The van der Waals surface area contributed by atoms with E-state index in [-0.39, 0.29) is 24.0 Å². The zero-order valence-corrected chi connectivity index (χ0v) is 10.5. The number of aryl methyl sites for hydroxylation is 1. The van der Waals surface area contributed by atoms with E-state index >= 15 is 0 Å². The normalized spacial score (nSPS) is 13.7. The minimum atomic E-state index is -3.13. The summed E-state index contributed by atoms with van der Waals surface area (Å²) in [6, 6.07) is 7.46. The third kappa shape index (κ3) is 3.94. The summed E-state index contributed by atoms with van der Waals surface area (Å²) in [7, 11) is -3.13. The van der Waals surface area contributed by atoms with E-state index in [9.17, 15) is 8.42 Å². The largest absolute Gasteiger partial charge is 0.396 e. The molecule has 0 aliphatic carbocycles. The molecule has 0 radical (unpaired) electrons. The third-order valence-electron chi connectivity index (χ3n) is 2.49. The van der Waals surface area contributed by atoms with Crippen molar-refractivity contribution in [3.8, 4) is 0 Å². The maximum Gasteiger partial charge on any atom is 0.154 e. The zero-order chi connectivity index (χ0) is 12.2. The van der Waals surface area contributed by atoms with Gasteiger partial charge in [0.15, 0.2) is 9.84 Å². The van der Waals surface area contributed by atoms with Crippen LogP contribution in [0.1, 0.15) is 18.1 Å². The van der Waals surface area contributed by atoms with Gasteiger partial charge in [0.25, 0.3) is 0 Å². The number of rotatable bonds is 5. The van der Waals surface area contributed by atoms with E-state index in [1.54, 1.807) is 6.92 Å². The van der Waals surface area contributed by atoms with E-state index in [4.69, 9.17) is 5.11 Å². The Kier molecular flexibility index (Phi) is 4.50. The molecule has 1 N–H and O–H groups in total. The highest BCUT2D eigenvalue weighted by Gasteiger charge is 2.16. The predicted octanol–water partition coefficient (Wildman–Crippen LogP) is 1.54. The molecule has 1 atom stereocenters. The molecule has 0 aliphatic rings. The van der Waals surface area contributed by atoms with E-state index in [0.29, 0.717) is 0 Å². The van der Waals surface area contributed by atoms with Gasteiger partial charge in [-0.15, -0.1) is 0 Å². The Morgan fingerprint density at radius 1 is 1.31 bits per heavy atom. The fourth-order valence-electron chi connectivity index (χ4n) is 1.55. The van der Waals surface area contributed by atoms with Gasteiger partial charge in [0.05, 0.1) is 11.5 Å². The van der Waals surface area contributed by atoms with Crippen LogP contribution in [-0.2, 0) is 15.6 Å². The summed E-state index contributed by atoms with van der Waals surface area (Å²) in [5, 5.41) is 8.85. The van der Waals surface area contributed by atoms with Crippen LogP contribution in [0.25, 0.3) is 0 Å². The van der Waals surface area contributed by atoms with Gasteiger partial charge in [0, 0.05) is 6.61 Å². The molecule has 0 saturated heterocycles. The molecule has 1 aromatic rings. The van der Waals surface area contributed by atoms with Gasteiger partial charge < -0.3 is 5.11 Å². The fraction of sp³-hybridized carbons (Fsp3) is 0.500. The maximum absolute atomic E-state index is 11.8. The van der Waals surface area contributed by atoms with Crippen LogP contribution in [-0.4, -0.2) is 25.9 Å². The van der Waals surface area contributed by atoms with E-state index < -0.39 is 9.84 Å². The summed E-state index contributed by atoms with van der Waals surface area (Å²) >= 11 is 0. The van der Waals surface area contributed by atoms with Crippen LogP contribution in [0.2, 0.25) is 0 Å². The highest BCUT2D eigenvalue weighted by atomic mass is 32.2. The lowest BCUT2D eigenvalue weighted by molar-refractivity contribution is 0.249. The molecule has 4 heteroatoms. The van der Waals surface area contributed by atoms with Gasteiger partial charge in [-0.05, 0) is 24.0 Å². The molecule has 3 nitrogen and oxygen atoms in total. The first-order valence-corrected chi connectivity index (χ1v) is 7.12. The number of hydrogen-bond donors (Lipinski definition) is 1. The summed E-state index contributed by atoms with van der Waals surface area (Å²) in [6.45, 7) is 3.54. The molecular formula is C12H18O3S. The summed E-state index contributed by atoms with van der Waals surface area (Å²) < 4.78 is 23.6. The highest BCUT2D eigenvalue weighted by Crippen LogP contribution is 2.13. The standard InChI is InChI=1S/C12H18O3S/c1-10(7-13)8-16(14,15)9-12-6-4-3-5-11(12)2/h3-6,10,13H,7-9H2,1-2H3. The number of benzene rings is 1. The second kappa shape index (κ2) is 5.46. The van der Waals surface area contributed by atoms with Crippen LogP contribution in [0.4, 0.5) is 0 Å². The summed E-state index contributed by atoms with van der Waals surface area (Å²) in [5.74, 6) is -0.101. The van der Waals surface area contributed by atoms with Crippen molar-refractivity contribution in [2.75, 3.05) is 12.4 Å². The van der Waals surface area contributed by atoms with Crippen LogP contribution in [0.15, 0.2) is 24.3 Å². The van der Waals surface area contributed by atoms with E-state index in [2.05, 4.69) is 0 Å². The van der Waals surface area contributed by atoms with E-state index in [1.807, 2.05) is 31.2 Å². The SMILES string of the molecule is Cc1ccccc1CS(=O)(=O)CC(C)CO. The first kappa shape index (κ1) is 13.2. The van der Waals surface area contributed by atoms with Crippen LogP contribution in [0, 0.1) is 12.8 Å². The Morgan fingerprint density at radius 2 is 1.94 bits per heavy atom. The van der Waals surface area contributed by atoms with E-state index in [1.165, 1.54) is 0 Å². The molecule has 0 aliphatic heterocycles. The minimum absolute atomic E-state index is 0.0395. The fourth-order valence-corrected chi connectivity index (χ4v) is 3.44. The Morgan fingerprint density at radius 3 is 2.50 bits per heavy atom. The number of aliphatic hydroxyl groups excluding tert-OH is 1. The molecule has 90 valence electrons. The summed E-state index contributed by atoms with van der Waals surface area (Å²) in [4.78, 5) is 0. The van der Waals surface area contributed by atoms with Gasteiger partial charge in [-0.1, -0.05) is 31.2 Å². The van der Waals surface area contributed by atoms with Crippen molar-refractivity contribution in [3.63, 3.8) is 0 Å². The van der Waals surface area contributed by atoms with Gasteiger partial charge in [0.1, 0.15) is 0 Å². The lowest BCUT2D eigenvalue weighted by atomic mass is 10.1. The van der Waals surface area contributed by atoms with Gasteiger partial charge >= 0.3 is 0 Å². The monoisotopic (exact) mass is 242 g/mol. The molecule has 0 bridgehead atoms. The molecule has 1 unspecified atom stereocenters. The number of aliphatic hydroxyl groups is 1. The Labute approximate surface area is 97.0 Å². The van der Waals surface area contributed by atoms with Crippen molar-refractivity contribution >= 4 is 9.84 Å². The molecule has 16 heavy (non-hydrogen) atoms. The van der Waals surface area contributed by atoms with Gasteiger partial charge in [-0.25, -0.2) is 8.42 Å². The zero-order valence-electron chi connectivity index (χ0n) is 9.68. The predicted molar refractivity (Wildman–Crippen MR) is 64.9 cm³/mol. The van der Waals surface area contributed by atoms with Crippen molar-refractivity contribution in [3.05, 3.63) is 35.4 Å². The first-order chi connectivity index (χ1) is 7.44. The second-order valence-corrected chi connectivity index (χ2v) is 6.38. The summed E-state index contributed by atoms with van der Waals surface area (Å²) in [5.41, 5.74) is 1.83. The molecule has 0 heterocycles. The molecular weight excluding hydrogens is 224 g/mol. The average molecular weight is 242 g/mol. The van der Waals surface area contributed by atoms with Crippen molar-refractivity contribution in [1.82, 2.24) is 0 Å². The van der Waals surface area contributed by atoms with Crippen LogP contribution >= 0.6 is 0 Å². The lowest BCUT2D eigenvalue weighted by Crippen LogP contribution is -2.18. The summed E-state index contributed by atoms with van der Waals surface area (Å²) in [6.07, 6.45) is 0. The van der Waals surface area contributed by atoms with Crippen LogP contribution in [0.5, 0.6) is 0 Å². The second-order valence-electron chi connectivity index (χ2n) is 4.27. The number of sulfone groups is 1.